The van der Waals surface area contributed by atoms with E-state index >= 15 is 0 Å². The van der Waals surface area contributed by atoms with Crippen molar-refractivity contribution >= 4 is 28.9 Å². The van der Waals surface area contributed by atoms with Crippen molar-refractivity contribution in [1.82, 2.24) is 14.8 Å². The summed E-state index contributed by atoms with van der Waals surface area (Å²) in [6, 6.07) is 21.6. The van der Waals surface area contributed by atoms with Crippen molar-refractivity contribution < 1.29 is 4.79 Å². The molecule has 1 aromatic heterocycles. The lowest BCUT2D eigenvalue weighted by Gasteiger charge is -2.14. The van der Waals surface area contributed by atoms with E-state index in [1.54, 1.807) is 4.90 Å². The first-order chi connectivity index (χ1) is 17.1. The van der Waals surface area contributed by atoms with E-state index in [4.69, 9.17) is 16.6 Å². The fourth-order valence-corrected chi connectivity index (χ4v) is 4.87. The number of aryl methyl sites for hydroxylation is 1. The highest BCUT2D eigenvalue weighted by Crippen LogP contribution is 2.30. The number of para-hydroxylation sites is 1. The molecule has 0 saturated heterocycles. The van der Waals surface area contributed by atoms with Gasteiger partial charge in [0.1, 0.15) is 12.4 Å². The Morgan fingerprint density at radius 3 is 2.69 bits per heavy atom. The zero-order chi connectivity index (χ0) is 23.9. The maximum absolute atomic E-state index is 12.5. The summed E-state index contributed by atoms with van der Waals surface area (Å²) in [5, 5.41) is 9.20. The molecular formula is C28H20ClN5O. The first kappa shape index (κ1) is 21.3. The number of hydrogen-bond donors (Lipinski definition) is 0. The van der Waals surface area contributed by atoms with Crippen molar-refractivity contribution in [1.29, 1.82) is 0 Å². The Hall–Kier alpha value is -4.21. The van der Waals surface area contributed by atoms with Gasteiger partial charge < -0.3 is 4.90 Å². The van der Waals surface area contributed by atoms with Crippen molar-refractivity contribution in [2.24, 2.45) is 4.99 Å². The molecule has 0 aliphatic carbocycles. The third-order valence-corrected chi connectivity index (χ3v) is 6.62. The molecule has 0 atom stereocenters. The molecule has 1 amide bonds. The van der Waals surface area contributed by atoms with Gasteiger partial charge in [-0.1, -0.05) is 59.8 Å². The van der Waals surface area contributed by atoms with Crippen molar-refractivity contribution in [3.05, 3.63) is 106 Å². The monoisotopic (exact) mass is 477 g/mol. The fourth-order valence-electron chi connectivity index (χ4n) is 4.65. The van der Waals surface area contributed by atoms with E-state index in [-0.39, 0.29) is 5.91 Å². The molecular weight excluding hydrogens is 458 g/mol. The molecule has 0 fully saturated rings. The summed E-state index contributed by atoms with van der Waals surface area (Å²) in [6.45, 7) is 2.67. The average molecular weight is 478 g/mol. The predicted molar refractivity (Wildman–Crippen MR) is 136 cm³/mol. The number of nitrogens with zero attached hydrogens (tertiary/aromatic N) is 5. The lowest BCUT2D eigenvalue weighted by atomic mass is 9.98. The van der Waals surface area contributed by atoms with Crippen LogP contribution in [0.25, 0.3) is 5.69 Å². The van der Waals surface area contributed by atoms with E-state index < -0.39 is 0 Å². The number of aromatic nitrogens is 3. The number of rotatable bonds is 2. The maximum atomic E-state index is 12.5. The standard InChI is InChI=1S/C28H20ClN5O/c1-18-31-32-26-17-30-28(21-9-3-4-10-23(21)29)22-15-19(12-13-25(22)34(18)26)7-6-14-33-24-11-5-2-8-20(24)16-27(33)35/h2-5,8-13,15H,14,16-17H2,1H3. The van der Waals surface area contributed by atoms with Gasteiger partial charge in [-0.25, -0.2) is 0 Å². The smallest absolute Gasteiger partial charge is 0.232 e. The molecule has 2 aliphatic heterocycles. The Labute approximate surface area is 207 Å². The van der Waals surface area contributed by atoms with Crippen LogP contribution in [0.15, 0.2) is 71.7 Å². The molecule has 0 spiro atoms. The van der Waals surface area contributed by atoms with Crippen LogP contribution >= 0.6 is 11.6 Å². The minimum Gasteiger partial charge on any atom is -0.300 e. The van der Waals surface area contributed by atoms with Crippen LogP contribution in [0.1, 0.15) is 33.9 Å². The van der Waals surface area contributed by atoms with Gasteiger partial charge in [0.15, 0.2) is 5.82 Å². The van der Waals surface area contributed by atoms with Gasteiger partial charge in [-0.3, -0.25) is 14.4 Å². The predicted octanol–water partition coefficient (Wildman–Crippen LogP) is 4.52. The molecule has 35 heavy (non-hydrogen) atoms. The maximum Gasteiger partial charge on any atom is 0.232 e. The van der Waals surface area contributed by atoms with Gasteiger partial charge in [0.05, 0.1) is 24.4 Å². The van der Waals surface area contributed by atoms with Crippen LogP contribution in [0.2, 0.25) is 5.02 Å². The number of fused-ring (bicyclic) bond motifs is 4. The van der Waals surface area contributed by atoms with Crippen LogP contribution < -0.4 is 4.90 Å². The number of carbonyl (C=O) groups excluding carboxylic acids is 1. The van der Waals surface area contributed by atoms with E-state index in [9.17, 15) is 4.79 Å². The highest BCUT2D eigenvalue weighted by atomic mass is 35.5. The molecule has 0 saturated carbocycles. The first-order valence-electron chi connectivity index (χ1n) is 11.3. The fraction of sp³-hybridized carbons (Fsp3) is 0.143. The molecule has 2 aliphatic rings. The highest BCUT2D eigenvalue weighted by molar-refractivity contribution is 6.35. The molecule has 6 rings (SSSR count). The molecule has 0 bridgehead atoms. The Bertz CT molecular complexity index is 1590. The lowest BCUT2D eigenvalue weighted by molar-refractivity contribution is -0.117. The normalized spacial score (nSPS) is 13.8. The first-order valence-corrected chi connectivity index (χ1v) is 11.7. The van der Waals surface area contributed by atoms with E-state index in [1.807, 2.05) is 78.2 Å². The molecule has 6 nitrogen and oxygen atoms in total. The van der Waals surface area contributed by atoms with Gasteiger partial charge in [-0.2, -0.15) is 0 Å². The largest absolute Gasteiger partial charge is 0.300 e. The van der Waals surface area contributed by atoms with Crippen LogP contribution in [0.4, 0.5) is 5.69 Å². The number of anilines is 1. The summed E-state index contributed by atoms with van der Waals surface area (Å²) in [7, 11) is 0. The van der Waals surface area contributed by atoms with Gasteiger partial charge >= 0.3 is 0 Å². The van der Waals surface area contributed by atoms with Crippen molar-refractivity contribution in [3.8, 4) is 17.5 Å². The minimum atomic E-state index is 0.0752. The van der Waals surface area contributed by atoms with E-state index in [0.29, 0.717) is 24.5 Å². The van der Waals surface area contributed by atoms with Gasteiger partial charge in [0.25, 0.3) is 0 Å². The third-order valence-electron chi connectivity index (χ3n) is 6.29. The zero-order valence-electron chi connectivity index (χ0n) is 19.0. The number of hydrogen-bond acceptors (Lipinski definition) is 4. The quantitative estimate of drug-likeness (QED) is 0.399. The van der Waals surface area contributed by atoms with Crippen molar-refractivity contribution in [2.75, 3.05) is 11.4 Å². The van der Waals surface area contributed by atoms with Crippen LogP contribution in [0, 0.1) is 18.8 Å². The van der Waals surface area contributed by atoms with Crippen LogP contribution in [0.3, 0.4) is 0 Å². The Balaban J connectivity index is 1.40. The van der Waals surface area contributed by atoms with Crippen LogP contribution in [-0.2, 0) is 17.8 Å². The van der Waals surface area contributed by atoms with E-state index in [2.05, 4.69) is 22.0 Å². The molecule has 7 heteroatoms. The molecule has 0 radical (unpaired) electrons. The minimum absolute atomic E-state index is 0.0752. The Morgan fingerprint density at radius 2 is 1.80 bits per heavy atom. The summed E-state index contributed by atoms with van der Waals surface area (Å²) in [5.41, 5.74) is 6.32. The molecule has 3 aromatic carbocycles. The van der Waals surface area contributed by atoms with Gasteiger partial charge in [-0.15, -0.1) is 10.2 Å². The van der Waals surface area contributed by atoms with Gasteiger partial charge in [-0.05, 0) is 42.8 Å². The average Bonchev–Trinajstić information content (AvgIpc) is 3.33. The van der Waals surface area contributed by atoms with Crippen LogP contribution in [0.5, 0.6) is 0 Å². The van der Waals surface area contributed by atoms with E-state index in [0.717, 1.165) is 51.0 Å². The highest BCUT2D eigenvalue weighted by Gasteiger charge is 2.26. The number of carbonyl (C=O) groups is 1. The summed E-state index contributed by atoms with van der Waals surface area (Å²) < 4.78 is 2.03. The zero-order valence-corrected chi connectivity index (χ0v) is 19.8. The van der Waals surface area contributed by atoms with Gasteiger partial charge in [0.2, 0.25) is 5.91 Å². The Morgan fingerprint density at radius 1 is 0.971 bits per heavy atom. The second-order valence-corrected chi connectivity index (χ2v) is 8.87. The summed E-state index contributed by atoms with van der Waals surface area (Å²) in [5.74, 6) is 8.07. The molecule has 170 valence electrons. The number of amides is 1. The Kier molecular flexibility index (Phi) is 5.20. The third kappa shape index (κ3) is 3.71. The summed E-state index contributed by atoms with van der Waals surface area (Å²) >= 11 is 6.56. The molecule has 4 aromatic rings. The van der Waals surface area contributed by atoms with Crippen molar-refractivity contribution in [3.63, 3.8) is 0 Å². The number of aliphatic imine (C=N–C) groups is 1. The van der Waals surface area contributed by atoms with Crippen molar-refractivity contribution in [2.45, 2.75) is 19.9 Å². The van der Waals surface area contributed by atoms with E-state index in [1.165, 1.54) is 0 Å². The lowest BCUT2D eigenvalue weighted by Crippen LogP contribution is -2.26. The summed E-state index contributed by atoms with van der Waals surface area (Å²) in [6.07, 6.45) is 0.426. The summed E-state index contributed by atoms with van der Waals surface area (Å²) in [4.78, 5) is 19.1. The van der Waals surface area contributed by atoms with Gasteiger partial charge in [0, 0.05) is 27.4 Å². The molecule has 0 unspecified atom stereocenters. The van der Waals surface area contributed by atoms with Crippen LogP contribution in [-0.4, -0.2) is 32.9 Å². The molecule has 3 heterocycles. The number of benzene rings is 3. The topological polar surface area (TPSA) is 63.4 Å². The molecule has 0 N–H and O–H groups in total. The number of halogens is 1. The second kappa shape index (κ2) is 8.53. The second-order valence-electron chi connectivity index (χ2n) is 8.46. The SMILES string of the molecule is Cc1nnc2n1-c1ccc(C#CCN3C(=O)Cc4ccccc43)cc1C(c1ccccc1Cl)=NC2.